The number of carbonyl (C=O) groups excluding carboxylic acids is 2. The summed E-state index contributed by atoms with van der Waals surface area (Å²) in [5.74, 6) is -0.970. The molecule has 2 aromatic carbocycles. The largest absolute Gasteiger partial charge is 0.462 e. The van der Waals surface area contributed by atoms with Gasteiger partial charge in [0.2, 0.25) is 0 Å². The molecular weight excluding hydrogens is 412 g/mol. The number of aromatic nitrogens is 1. The van der Waals surface area contributed by atoms with E-state index in [9.17, 15) is 9.59 Å². The van der Waals surface area contributed by atoms with Crippen molar-refractivity contribution in [3.63, 3.8) is 0 Å². The summed E-state index contributed by atoms with van der Waals surface area (Å²) in [7, 11) is 0. The number of esters is 2. The molecule has 0 aliphatic carbocycles. The lowest BCUT2D eigenvalue weighted by molar-refractivity contribution is 0.0519. The van der Waals surface area contributed by atoms with E-state index in [1.807, 2.05) is 42.5 Å². The van der Waals surface area contributed by atoms with Gasteiger partial charge < -0.3 is 15.2 Å². The van der Waals surface area contributed by atoms with Gasteiger partial charge in [0.25, 0.3) is 0 Å². The standard InChI is InChI=1S/C24H22N2O4S/c1-4-29-23(27)17-13(3)26-22-19(20(25)21(31-22)24(28)30-5-2)18(17)16-12-8-10-14-9-6-7-11-15(14)16/h6-12H,4-5,25H2,1-3H3. The van der Waals surface area contributed by atoms with Gasteiger partial charge in [0.15, 0.2) is 0 Å². The topological polar surface area (TPSA) is 91.5 Å². The van der Waals surface area contributed by atoms with E-state index >= 15 is 0 Å². The summed E-state index contributed by atoms with van der Waals surface area (Å²) in [6.45, 7) is 5.74. The second-order valence-corrected chi connectivity index (χ2v) is 7.94. The van der Waals surface area contributed by atoms with Crippen LogP contribution < -0.4 is 5.73 Å². The van der Waals surface area contributed by atoms with E-state index in [-0.39, 0.29) is 23.8 Å². The zero-order chi connectivity index (χ0) is 22.1. The first-order chi connectivity index (χ1) is 15.0. The number of rotatable bonds is 5. The second-order valence-electron chi connectivity index (χ2n) is 6.94. The summed E-state index contributed by atoms with van der Waals surface area (Å²) in [4.78, 5) is 31.0. The van der Waals surface area contributed by atoms with Gasteiger partial charge in [-0.3, -0.25) is 0 Å². The van der Waals surface area contributed by atoms with Gasteiger partial charge in [0.1, 0.15) is 9.71 Å². The van der Waals surface area contributed by atoms with Crippen molar-refractivity contribution in [2.24, 2.45) is 0 Å². The number of aryl methyl sites for hydroxylation is 1. The van der Waals surface area contributed by atoms with E-state index in [2.05, 4.69) is 4.98 Å². The van der Waals surface area contributed by atoms with Gasteiger partial charge in [-0.2, -0.15) is 0 Å². The number of nitrogens with two attached hydrogens (primary N) is 1. The molecule has 0 radical (unpaired) electrons. The van der Waals surface area contributed by atoms with Gasteiger partial charge in [-0.1, -0.05) is 42.5 Å². The van der Waals surface area contributed by atoms with E-state index in [0.29, 0.717) is 27.0 Å². The number of pyridine rings is 1. The third-order valence-corrected chi connectivity index (χ3v) is 6.14. The highest BCUT2D eigenvalue weighted by molar-refractivity contribution is 7.21. The Morgan fingerprint density at radius 1 is 1.00 bits per heavy atom. The van der Waals surface area contributed by atoms with E-state index in [1.165, 1.54) is 11.3 Å². The molecule has 31 heavy (non-hydrogen) atoms. The van der Waals surface area contributed by atoms with Crippen LogP contribution in [-0.2, 0) is 9.47 Å². The van der Waals surface area contributed by atoms with Gasteiger partial charge in [-0.05, 0) is 37.1 Å². The fourth-order valence-electron chi connectivity index (χ4n) is 3.78. The molecule has 6 nitrogen and oxygen atoms in total. The van der Waals surface area contributed by atoms with Crippen molar-refractivity contribution >= 4 is 50.0 Å². The molecule has 0 saturated heterocycles. The monoisotopic (exact) mass is 434 g/mol. The van der Waals surface area contributed by atoms with Crippen molar-refractivity contribution in [2.45, 2.75) is 20.8 Å². The molecule has 0 amide bonds. The number of hydrogen-bond acceptors (Lipinski definition) is 7. The molecule has 0 aliphatic rings. The van der Waals surface area contributed by atoms with Crippen LogP contribution in [0.1, 0.15) is 39.6 Å². The Labute approximate surface area is 183 Å². The van der Waals surface area contributed by atoms with Crippen molar-refractivity contribution in [3.05, 3.63) is 58.6 Å². The summed E-state index contributed by atoms with van der Waals surface area (Å²) in [6.07, 6.45) is 0. The van der Waals surface area contributed by atoms with E-state index < -0.39 is 11.9 Å². The maximum absolute atomic E-state index is 13.0. The van der Waals surface area contributed by atoms with Gasteiger partial charge in [0, 0.05) is 10.9 Å². The Bertz CT molecular complexity index is 1320. The lowest BCUT2D eigenvalue weighted by Crippen LogP contribution is -2.11. The molecule has 0 atom stereocenters. The molecule has 158 valence electrons. The predicted molar refractivity (Wildman–Crippen MR) is 124 cm³/mol. The molecule has 0 saturated carbocycles. The normalized spacial score (nSPS) is 11.1. The smallest absolute Gasteiger partial charge is 0.350 e. The maximum atomic E-state index is 13.0. The molecule has 2 aromatic heterocycles. The van der Waals surface area contributed by atoms with Crippen molar-refractivity contribution in [3.8, 4) is 11.1 Å². The molecule has 0 spiro atoms. The van der Waals surface area contributed by atoms with E-state index in [0.717, 1.165) is 16.3 Å². The van der Waals surface area contributed by atoms with Gasteiger partial charge in [-0.15, -0.1) is 11.3 Å². The Hall–Kier alpha value is -3.45. The van der Waals surface area contributed by atoms with Crippen LogP contribution in [0.5, 0.6) is 0 Å². The molecule has 4 aromatic rings. The van der Waals surface area contributed by atoms with Crippen molar-refractivity contribution in [2.75, 3.05) is 18.9 Å². The number of nitrogens with zero attached hydrogens (tertiary/aromatic N) is 1. The first kappa shape index (κ1) is 20.8. The molecule has 7 heteroatoms. The molecule has 2 heterocycles. The summed E-state index contributed by atoms with van der Waals surface area (Å²) in [6, 6.07) is 13.8. The van der Waals surface area contributed by atoms with Crippen molar-refractivity contribution in [1.82, 2.24) is 4.98 Å². The Morgan fingerprint density at radius 2 is 1.68 bits per heavy atom. The fourth-order valence-corrected chi connectivity index (χ4v) is 4.82. The second kappa shape index (κ2) is 8.35. The third-order valence-electron chi connectivity index (χ3n) is 5.06. The molecular formula is C24H22N2O4S. The first-order valence-electron chi connectivity index (χ1n) is 10.0. The number of benzene rings is 2. The quantitative estimate of drug-likeness (QED) is 0.425. The van der Waals surface area contributed by atoms with Crippen LogP contribution in [0.2, 0.25) is 0 Å². The van der Waals surface area contributed by atoms with Crippen LogP contribution in [0.4, 0.5) is 5.69 Å². The lowest BCUT2D eigenvalue weighted by atomic mass is 9.91. The zero-order valence-corrected chi connectivity index (χ0v) is 18.3. The molecule has 0 aliphatic heterocycles. The fraction of sp³-hybridized carbons (Fsp3) is 0.208. The Balaban J connectivity index is 2.15. The summed E-state index contributed by atoms with van der Waals surface area (Å²) in [5.41, 5.74) is 9.05. The summed E-state index contributed by atoms with van der Waals surface area (Å²) in [5, 5.41) is 2.56. The third kappa shape index (κ3) is 3.51. The van der Waals surface area contributed by atoms with Crippen LogP contribution >= 0.6 is 11.3 Å². The van der Waals surface area contributed by atoms with Crippen LogP contribution in [0.15, 0.2) is 42.5 Å². The highest BCUT2D eigenvalue weighted by Crippen LogP contribution is 2.44. The lowest BCUT2D eigenvalue weighted by Gasteiger charge is -2.15. The maximum Gasteiger partial charge on any atom is 0.350 e. The van der Waals surface area contributed by atoms with Crippen LogP contribution in [-0.4, -0.2) is 30.1 Å². The number of ether oxygens (including phenoxy) is 2. The summed E-state index contributed by atoms with van der Waals surface area (Å²) < 4.78 is 10.5. The number of carbonyl (C=O) groups is 2. The number of hydrogen-bond donors (Lipinski definition) is 1. The Kier molecular flexibility index (Phi) is 5.61. The first-order valence-corrected chi connectivity index (χ1v) is 10.8. The van der Waals surface area contributed by atoms with Gasteiger partial charge >= 0.3 is 11.9 Å². The average Bonchev–Trinajstić information content (AvgIpc) is 3.08. The number of fused-ring (bicyclic) bond motifs is 2. The molecule has 2 N–H and O–H groups in total. The van der Waals surface area contributed by atoms with Crippen LogP contribution in [0.3, 0.4) is 0 Å². The molecule has 0 fully saturated rings. The molecule has 4 rings (SSSR count). The minimum Gasteiger partial charge on any atom is -0.462 e. The number of nitrogen functional groups attached to an aromatic ring is 1. The highest BCUT2D eigenvalue weighted by atomic mass is 32.1. The minimum absolute atomic E-state index is 0.235. The highest BCUT2D eigenvalue weighted by Gasteiger charge is 2.28. The summed E-state index contributed by atoms with van der Waals surface area (Å²) >= 11 is 1.17. The average molecular weight is 435 g/mol. The van der Waals surface area contributed by atoms with E-state index in [4.69, 9.17) is 15.2 Å². The van der Waals surface area contributed by atoms with Crippen LogP contribution in [0, 0.1) is 6.92 Å². The van der Waals surface area contributed by atoms with E-state index in [1.54, 1.807) is 20.8 Å². The zero-order valence-electron chi connectivity index (χ0n) is 17.5. The number of thiophene rings is 1. The molecule has 0 bridgehead atoms. The van der Waals surface area contributed by atoms with Gasteiger partial charge in [-0.25, -0.2) is 14.6 Å². The van der Waals surface area contributed by atoms with Crippen LogP contribution in [0.25, 0.3) is 32.1 Å². The minimum atomic E-state index is -0.498. The number of anilines is 1. The molecule has 0 unspecified atom stereocenters. The van der Waals surface area contributed by atoms with Crippen molar-refractivity contribution in [1.29, 1.82) is 0 Å². The van der Waals surface area contributed by atoms with Gasteiger partial charge in [0.05, 0.1) is 30.2 Å². The van der Waals surface area contributed by atoms with Crippen molar-refractivity contribution < 1.29 is 19.1 Å². The SMILES string of the molecule is CCOC(=O)c1sc2nc(C)c(C(=O)OCC)c(-c3cccc4ccccc34)c2c1N. The predicted octanol–water partition coefficient (Wildman–Crippen LogP) is 5.36. The Morgan fingerprint density at radius 3 is 2.42 bits per heavy atom.